The normalized spacial score (nSPS) is 11.2. The molecule has 1 aromatic rings. The van der Waals surface area contributed by atoms with Crippen LogP contribution in [0, 0.1) is 0 Å². The Morgan fingerprint density at radius 1 is 1.22 bits per heavy atom. The van der Waals surface area contributed by atoms with Crippen molar-refractivity contribution in [1.82, 2.24) is 0 Å². The van der Waals surface area contributed by atoms with Crippen LogP contribution in [0.4, 0.5) is 5.69 Å². The molecule has 1 amide bonds. The third kappa shape index (κ3) is 4.93. The second-order valence-corrected chi connectivity index (χ2v) is 6.39. The van der Waals surface area contributed by atoms with Gasteiger partial charge in [0.1, 0.15) is 0 Å². The van der Waals surface area contributed by atoms with E-state index in [2.05, 4.69) is 5.32 Å². The average molecular weight is 291 g/mol. The van der Waals surface area contributed by atoms with Crippen LogP contribution in [0.25, 0.3) is 0 Å². The molecule has 0 saturated heterocycles. The van der Waals surface area contributed by atoms with Crippen LogP contribution in [-0.2, 0) is 9.84 Å². The van der Waals surface area contributed by atoms with Crippen molar-refractivity contribution in [3.8, 4) is 0 Å². The van der Waals surface area contributed by atoms with Gasteiger partial charge >= 0.3 is 0 Å². The number of carbonyl (C=O) groups is 1. The van der Waals surface area contributed by atoms with E-state index in [4.69, 9.17) is 17.3 Å². The summed E-state index contributed by atoms with van der Waals surface area (Å²) in [6, 6.07) is 6.51. The van der Waals surface area contributed by atoms with Gasteiger partial charge in [-0.25, -0.2) is 8.42 Å². The molecule has 0 bridgehead atoms. The van der Waals surface area contributed by atoms with Crippen LogP contribution in [0.2, 0.25) is 0 Å². The van der Waals surface area contributed by atoms with Gasteiger partial charge in [-0.15, -0.1) is 11.6 Å². The summed E-state index contributed by atoms with van der Waals surface area (Å²) in [7, 11) is -3.09. The monoisotopic (exact) mass is 290 g/mol. The lowest BCUT2D eigenvalue weighted by Gasteiger charge is -2.07. The molecule has 0 atom stereocenters. The number of halogens is 1. The Hall–Kier alpha value is -1.27. The SMILES string of the molecule is NC(=O)c1ccc(NCCS(=O)(=O)CCCl)cc1. The molecule has 100 valence electrons. The number of sulfone groups is 1. The Labute approximate surface area is 111 Å². The predicted molar refractivity (Wildman–Crippen MR) is 72.8 cm³/mol. The van der Waals surface area contributed by atoms with Crippen molar-refractivity contribution in [3.63, 3.8) is 0 Å². The Kier molecular flexibility index (Phi) is 5.43. The second-order valence-electron chi connectivity index (χ2n) is 3.71. The predicted octanol–water partition coefficient (Wildman–Crippen LogP) is 0.851. The molecule has 0 aliphatic carbocycles. The molecule has 0 saturated carbocycles. The van der Waals surface area contributed by atoms with Crippen LogP contribution in [-0.4, -0.2) is 38.3 Å². The van der Waals surface area contributed by atoms with Crippen molar-refractivity contribution in [2.24, 2.45) is 5.73 Å². The van der Waals surface area contributed by atoms with Gasteiger partial charge in [0.05, 0.1) is 11.5 Å². The Morgan fingerprint density at radius 2 is 1.83 bits per heavy atom. The van der Waals surface area contributed by atoms with Gasteiger partial charge in [0.15, 0.2) is 9.84 Å². The summed E-state index contributed by atoms with van der Waals surface area (Å²) in [5.74, 6) is -0.379. The first kappa shape index (κ1) is 14.8. The largest absolute Gasteiger partial charge is 0.384 e. The van der Waals surface area contributed by atoms with Gasteiger partial charge in [-0.3, -0.25) is 4.79 Å². The first-order chi connectivity index (χ1) is 8.44. The van der Waals surface area contributed by atoms with Gasteiger partial charge in [0.2, 0.25) is 5.91 Å². The zero-order chi connectivity index (χ0) is 13.6. The van der Waals surface area contributed by atoms with E-state index >= 15 is 0 Å². The van der Waals surface area contributed by atoms with Crippen molar-refractivity contribution in [2.45, 2.75) is 0 Å². The molecule has 0 aliphatic rings. The molecule has 1 rings (SSSR count). The van der Waals surface area contributed by atoms with Crippen LogP contribution in [0.15, 0.2) is 24.3 Å². The fourth-order valence-electron chi connectivity index (χ4n) is 1.32. The van der Waals surface area contributed by atoms with E-state index in [1.807, 2.05) is 0 Å². The number of benzene rings is 1. The third-order valence-corrected chi connectivity index (χ3v) is 4.37. The fraction of sp³-hybridized carbons (Fsp3) is 0.364. The van der Waals surface area contributed by atoms with Crippen LogP contribution in [0.5, 0.6) is 0 Å². The second kappa shape index (κ2) is 6.61. The first-order valence-corrected chi connectivity index (χ1v) is 7.70. The first-order valence-electron chi connectivity index (χ1n) is 5.35. The Morgan fingerprint density at radius 3 is 2.33 bits per heavy atom. The molecule has 7 heteroatoms. The Bertz CT molecular complexity index is 500. The molecule has 0 unspecified atom stereocenters. The number of hydrogen-bond donors (Lipinski definition) is 2. The molecular formula is C11H15ClN2O3S. The van der Waals surface area contributed by atoms with Gasteiger partial charge in [-0.2, -0.15) is 0 Å². The molecule has 5 nitrogen and oxygen atoms in total. The van der Waals surface area contributed by atoms with Crippen molar-refractivity contribution >= 4 is 33.0 Å². The third-order valence-electron chi connectivity index (χ3n) is 2.30. The highest BCUT2D eigenvalue weighted by atomic mass is 35.5. The van der Waals surface area contributed by atoms with E-state index in [9.17, 15) is 13.2 Å². The summed E-state index contributed by atoms with van der Waals surface area (Å²) in [4.78, 5) is 10.8. The number of primary amides is 1. The molecule has 1 aromatic carbocycles. The molecule has 0 heterocycles. The number of amides is 1. The minimum Gasteiger partial charge on any atom is -0.384 e. The summed E-state index contributed by atoms with van der Waals surface area (Å²) in [5, 5.41) is 2.95. The van der Waals surface area contributed by atoms with Crippen LogP contribution in [0.1, 0.15) is 10.4 Å². The zero-order valence-electron chi connectivity index (χ0n) is 9.73. The topological polar surface area (TPSA) is 89.3 Å². The molecule has 0 radical (unpaired) electrons. The molecule has 0 spiro atoms. The summed E-state index contributed by atoms with van der Waals surface area (Å²) in [6.45, 7) is 0.301. The maximum Gasteiger partial charge on any atom is 0.248 e. The minimum atomic E-state index is -3.09. The lowest BCUT2D eigenvalue weighted by atomic mass is 10.2. The van der Waals surface area contributed by atoms with Gasteiger partial charge in [0, 0.05) is 23.7 Å². The number of hydrogen-bond acceptors (Lipinski definition) is 4. The van der Waals surface area contributed by atoms with Crippen molar-refractivity contribution in [1.29, 1.82) is 0 Å². The van der Waals surface area contributed by atoms with E-state index in [0.717, 1.165) is 5.69 Å². The van der Waals surface area contributed by atoms with E-state index in [1.165, 1.54) is 0 Å². The number of nitrogens with one attached hydrogen (secondary N) is 1. The quantitative estimate of drug-likeness (QED) is 0.729. The van der Waals surface area contributed by atoms with Gasteiger partial charge in [-0.05, 0) is 24.3 Å². The number of anilines is 1. The molecule has 0 fully saturated rings. The molecule has 18 heavy (non-hydrogen) atoms. The highest BCUT2D eigenvalue weighted by Gasteiger charge is 2.09. The summed E-state index contributed by atoms with van der Waals surface area (Å²) >= 11 is 5.39. The van der Waals surface area contributed by atoms with Crippen LogP contribution in [0.3, 0.4) is 0 Å². The lowest BCUT2D eigenvalue weighted by Crippen LogP contribution is -2.19. The summed E-state index contributed by atoms with van der Waals surface area (Å²) < 4.78 is 22.8. The fourth-order valence-corrected chi connectivity index (χ4v) is 2.88. The van der Waals surface area contributed by atoms with Crippen LogP contribution >= 0.6 is 11.6 Å². The highest BCUT2D eigenvalue weighted by molar-refractivity contribution is 7.91. The molecule has 3 N–H and O–H groups in total. The van der Waals surface area contributed by atoms with Gasteiger partial charge < -0.3 is 11.1 Å². The van der Waals surface area contributed by atoms with E-state index in [1.54, 1.807) is 24.3 Å². The molecule has 0 aromatic heterocycles. The average Bonchev–Trinajstić information content (AvgIpc) is 2.29. The summed E-state index contributed by atoms with van der Waals surface area (Å²) in [5.41, 5.74) is 6.25. The van der Waals surface area contributed by atoms with E-state index in [-0.39, 0.29) is 17.4 Å². The van der Waals surface area contributed by atoms with Gasteiger partial charge in [0.25, 0.3) is 0 Å². The number of carbonyl (C=O) groups excluding carboxylic acids is 1. The summed E-state index contributed by atoms with van der Waals surface area (Å²) in [6.07, 6.45) is 0. The highest BCUT2D eigenvalue weighted by Crippen LogP contribution is 2.08. The maximum atomic E-state index is 11.4. The van der Waals surface area contributed by atoms with E-state index < -0.39 is 15.7 Å². The van der Waals surface area contributed by atoms with Crippen molar-refractivity contribution in [3.05, 3.63) is 29.8 Å². The van der Waals surface area contributed by atoms with E-state index in [0.29, 0.717) is 12.1 Å². The Balaban J connectivity index is 2.47. The minimum absolute atomic E-state index is 0.0170. The number of alkyl halides is 1. The molecular weight excluding hydrogens is 276 g/mol. The smallest absolute Gasteiger partial charge is 0.248 e. The zero-order valence-corrected chi connectivity index (χ0v) is 11.3. The standard InChI is InChI=1S/C11H15ClN2O3S/c12-5-7-18(16,17)8-6-14-10-3-1-9(2-4-10)11(13)15/h1-4,14H,5-8H2,(H2,13,15). The van der Waals surface area contributed by atoms with Crippen molar-refractivity contribution < 1.29 is 13.2 Å². The van der Waals surface area contributed by atoms with Crippen molar-refractivity contribution in [2.75, 3.05) is 29.2 Å². The molecule has 0 aliphatic heterocycles. The number of rotatable bonds is 7. The van der Waals surface area contributed by atoms with Gasteiger partial charge in [-0.1, -0.05) is 0 Å². The lowest BCUT2D eigenvalue weighted by molar-refractivity contribution is 0.100. The van der Waals surface area contributed by atoms with Crippen LogP contribution < -0.4 is 11.1 Å². The number of nitrogens with two attached hydrogens (primary N) is 1. The maximum absolute atomic E-state index is 11.4.